The first-order chi connectivity index (χ1) is 9.58. The Labute approximate surface area is 121 Å². The number of carbonyl (C=O) groups is 2. The summed E-state index contributed by atoms with van der Waals surface area (Å²) in [4.78, 5) is 24.4. The molecular weight excluding hydrogens is 282 g/mol. The van der Waals surface area contributed by atoms with E-state index in [9.17, 15) is 9.59 Å². The van der Waals surface area contributed by atoms with Crippen LogP contribution in [-0.2, 0) is 14.3 Å². The molecule has 1 amide bonds. The third-order valence-electron chi connectivity index (χ3n) is 2.96. The Morgan fingerprint density at radius 3 is 2.95 bits per heavy atom. The molecule has 1 heterocycles. The minimum atomic E-state index is -1.06. The molecule has 0 aromatic heterocycles. The summed E-state index contributed by atoms with van der Waals surface area (Å²) in [5.41, 5.74) is 0.783. The standard InChI is InChI=1S/C14H14ClNO4/c15-11-3-1-2-10(8-11)4-5-13(17)16-6-7-20-9-12(16)14(18)19/h1-5,8,12H,6-7,9H2,(H,18,19). The molecule has 0 saturated carbocycles. The van der Waals surface area contributed by atoms with E-state index in [4.69, 9.17) is 21.4 Å². The van der Waals surface area contributed by atoms with Gasteiger partial charge in [-0.3, -0.25) is 4.79 Å². The lowest BCUT2D eigenvalue weighted by Crippen LogP contribution is -2.52. The van der Waals surface area contributed by atoms with Gasteiger partial charge in [-0.05, 0) is 23.8 Å². The summed E-state index contributed by atoms with van der Waals surface area (Å²) in [5.74, 6) is -1.41. The van der Waals surface area contributed by atoms with Crippen LogP contribution >= 0.6 is 11.6 Å². The second-order valence-corrected chi connectivity index (χ2v) is 4.79. The summed E-state index contributed by atoms with van der Waals surface area (Å²) in [6.07, 6.45) is 2.97. The highest BCUT2D eigenvalue weighted by Crippen LogP contribution is 2.13. The van der Waals surface area contributed by atoms with Crippen molar-refractivity contribution in [2.24, 2.45) is 0 Å². The molecule has 1 N–H and O–H groups in total. The molecule has 0 aliphatic carbocycles. The Balaban J connectivity index is 2.08. The molecule has 1 fully saturated rings. The van der Waals surface area contributed by atoms with E-state index in [1.165, 1.54) is 11.0 Å². The number of hydrogen-bond acceptors (Lipinski definition) is 3. The van der Waals surface area contributed by atoms with Gasteiger partial charge in [0.05, 0.1) is 13.2 Å². The molecule has 0 bridgehead atoms. The van der Waals surface area contributed by atoms with E-state index in [0.717, 1.165) is 5.56 Å². The molecule has 1 unspecified atom stereocenters. The quantitative estimate of drug-likeness (QED) is 0.861. The Hall–Kier alpha value is -1.85. The lowest BCUT2D eigenvalue weighted by Gasteiger charge is -2.31. The Bertz CT molecular complexity index is 544. The van der Waals surface area contributed by atoms with Crippen LogP contribution in [0.4, 0.5) is 0 Å². The summed E-state index contributed by atoms with van der Waals surface area (Å²) >= 11 is 5.85. The maximum Gasteiger partial charge on any atom is 0.328 e. The van der Waals surface area contributed by atoms with Crippen LogP contribution in [0.15, 0.2) is 30.3 Å². The Morgan fingerprint density at radius 2 is 2.25 bits per heavy atom. The number of nitrogens with zero attached hydrogens (tertiary/aromatic N) is 1. The molecule has 1 aromatic rings. The average molecular weight is 296 g/mol. The van der Waals surface area contributed by atoms with Crippen molar-refractivity contribution in [2.75, 3.05) is 19.8 Å². The van der Waals surface area contributed by atoms with E-state index in [2.05, 4.69) is 0 Å². The lowest BCUT2D eigenvalue weighted by molar-refractivity contribution is -0.156. The van der Waals surface area contributed by atoms with E-state index < -0.39 is 12.0 Å². The van der Waals surface area contributed by atoms with E-state index in [-0.39, 0.29) is 19.1 Å². The summed E-state index contributed by atoms with van der Waals surface area (Å²) in [5, 5.41) is 9.64. The van der Waals surface area contributed by atoms with Gasteiger partial charge in [0, 0.05) is 17.6 Å². The van der Waals surface area contributed by atoms with Crippen molar-refractivity contribution in [2.45, 2.75) is 6.04 Å². The van der Waals surface area contributed by atoms with Gasteiger partial charge in [0.2, 0.25) is 5.91 Å². The summed E-state index contributed by atoms with van der Waals surface area (Å²) in [7, 11) is 0. The lowest BCUT2D eigenvalue weighted by atomic mass is 10.2. The largest absolute Gasteiger partial charge is 0.480 e. The third kappa shape index (κ3) is 3.59. The minimum Gasteiger partial charge on any atom is -0.480 e. The van der Waals surface area contributed by atoms with Crippen LogP contribution in [-0.4, -0.2) is 47.7 Å². The fourth-order valence-electron chi connectivity index (χ4n) is 1.95. The van der Waals surface area contributed by atoms with Gasteiger partial charge < -0.3 is 14.7 Å². The average Bonchev–Trinajstić information content (AvgIpc) is 2.45. The molecule has 1 aliphatic heterocycles. The number of halogens is 1. The van der Waals surface area contributed by atoms with E-state index in [1.54, 1.807) is 24.3 Å². The molecule has 5 nitrogen and oxygen atoms in total. The number of amides is 1. The van der Waals surface area contributed by atoms with Crippen LogP contribution in [0.2, 0.25) is 5.02 Å². The zero-order chi connectivity index (χ0) is 14.5. The molecular formula is C14H14ClNO4. The molecule has 20 heavy (non-hydrogen) atoms. The van der Waals surface area contributed by atoms with Crippen LogP contribution in [0.1, 0.15) is 5.56 Å². The first-order valence-corrected chi connectivity index (χ1v) is 6.50. The third-order valence-corrected chi connectivity index (χ3v) is 3.20. The molecule has 1 atom stereocenters. The minimum absolute atomic E-state index is 0.0199. The van der Waals surface area contributed by atoms with Crippen molar-refractivity contribution < 1.29 is 19.4 Å². The van der Waals surface area contributed by atoms with Crippen molar-refractivity contribution in [1.29, 1.82) is 0 Å². The second-order valence-electron chi connectivity index (χ2n) is 4.35. The molecule has 106 valence electrons. The fraction of sp³-hybridized carbons (Fsp3) is 0.286. The predicted molar refractivity (Wildman–Crippen MR) is 74.4 cm³/mol. The van der Waals surface area contributed by atoms with Crippen molar-refractivity contribution in [3.63, 3.8) is 0 Å². The van der Waals surface area contributed by atoms with Gasteiger partial charge >= 0.3 is 5.97 Å². The van der Waals surface area contributed by atoms with Crippen molar-refractivity contribution in [3.05, 3.63) is 40.9 Å². The van der Waals surface area contributed by atoms with Gasteiger partial charge in [0.15, 0.2) is 6.04 Å². The second kappa shape index (κ2) is 6.54. The first kappa shape index (κ1) is 14.6. The van der Waals surface area contributed by atoms with Crippen molar-refractivity contribution >= 4 is 29.6 Å². The van der Waals surface area contributed by atoms with Gasteiger partial charge in [-0.25, -0.2) is 4.79 Å². The number of aliphatic carboxylic acids is 1. The van der Waals surface area contributed by atoms with E-state index >= 15 is 0 Å². The van der Waals surface area contributed by atoms with Gasteiger partial charge in [0.1, 0.15) is 0 Å². The topological polar surface area (TPSA) is 66.8 Å². The SMILES string of the molecule is O=C(O)C1COCCN1C(=O)C=Cc1cccc(Cl)c1. The summed E-state index contributed by atoms with van der Waals surface area (Å²) in [6, 6.07) is 6.12. The predicted octanol–water partition coefficient (Wildman–Crippen LogP) is 1.67. The highest BCUT2D eigenvalue weighted by molar-refractivity contribution is 6.30. The van der Waals surface area contributed by atoms with Crippen LogP contribution in [0, 0.1) is 0 Å². The van der Waals surface area contributed by atoms with Crippen LogP contribution < -0.4 is 0 Å². The highest BCUT2D eigenvalue weighted by atomic mass is 35.5. The molecule has 1 aliphatic rings. The normalized spacial score (nSPS) is 19.2. The number of hydrogen-bond donors (Lipinski definition) is 1. The van der Waals surface area contributed by atoms with Crippen molar-refractivity contribution in [3.8, 4) is 0 Å². The monoisotopic (exact) mass is 295 g/mol. The van der Waals surface area contributed by atoms with Crippen LogP contribution in [0.5, 0.6) is 0 Å². The molecule has 1 saturated heterocycles. The zero-order valence-electron chi connectivity index (χ0n) is 10.7. The fourth-order valence-corrected chi connectivity index (χ4v) is 2.14. The van der Waals surface area contributed by atoms with E-state index in [0.29, 0.717) is 11.6 Å². The number of rotatable bonds is 3. The van der Waals surface area contributed by atoms with Gasteiger partial charge in [-0.15, -0.1) is 0 Å². The number of ether oxygens (including phenoxy) is 1. The van der Waals surface area contributed by atoms with E-state index in [1.807, 2.05) is 6.07 Å². The number of morpholine rings is 1. The number of carbonyl (C=O) groups excluding carboxylic acids is 1. The Kier molecular flexibility index (Phi) is 4.76. The van der Waals surface area contributed by atoms with Gasteiger partial charge in [-0.2, -0.15) is 0 Å². The molecule has 2 rings (SSSR count). The van der Waals surface area contributed by atoms with Crippen LogP contribution in [0.25, 0.3) is 6.08 Å². The number of benzene rings is 1. The summed E-state index contributed by atoms with van der Waals surface area (Å²) < 4.78 is 5.09. The summed E-state index contributed by atoms with van der Waals surface area (Å²) in [6.45, 7) is 0.641. The molecule has 0 spiro atoms. The molecule has 0 radical (unpaired) electrons. The maximum atomic E-state index is 12.1. The Morgan fingerprint density at radius 1 is 1.45 bits per heavy atom. The maximum absolute atomic E-state index is 12.1. The van der Waals surface area contributed by atoms with Crippen LogP contribution in [0.3, 0.4) is 0 Å². The van der Waals surface area contributed by atoms with Gasteiger partial charge in [0.25, 0.3) is 0 Å². The highest BCUT2D eigenvalue weighted by Gasteiger charge is 2.31. The first-order valence-electron chi connectivity index (χ1n) is 6.13. The van der Waals surface area contributed by atoms with Gasteiger partial charge in [-0.1, -0.05) is 23.7 Å². The zero-order valence-corrected chi connectivity index (χ0v) is 11.4. The molecule has 1 aromatic carbocycles. The smallest absolute Gasteiger partial charge is 0.328 e. The molecule has 6 heteroatoms. The number of carboxylic acid groups (broad SMARTS) is 1. The van der Waals surface area contributed by atoms with Crippen molar-refractivity contribution in [1.82, 2.24) is 4.90 Å². The number of carboxylic acids is 1.